The molecule has 1 rings (SSSR count). The number of imide groups is 1. The third kappa shape index (κ3) is 1.19. The van der Waals surface area contributed by atoms with Crippen LogP contribution in [0.2, 0.25) is 0 Å². The lowest BCUT2D eigenvalue weighted by atomic mass is 10.2. The maximum absolute atomic E-state index is 11.0. The van der Waals surface area contributed by atoms with Gasteiger partial charge in [0, 0.05) is 14.1 Å². The largest absolute Gasteiger partial charge is 0.373 e. The zero-order valence-electron chi connectivity index (χ0n) is 6.44. The van der Waals surface area contributed by atoms with Crippen molar-refractivity contribution < 1.29 is 14.7 Å². The SMILES string of the molecule is CN1C(=O)CC(O)N(C)C1=O. The summed E-state index contributed by atoms with van der Waals surface area (Å²) in [6.45, 7) is 0. The fourth-order valence-corrected chi connectivity index (χ4v) is 0.901. The molecule has 0 bridgehead atoms. The van der Waals surface area contributed by atoms with Gasteiger partial charge in [0.2, 0.25) is 5.91 Å². The minimum atomic E-state index is -0.966. The molecule has 62 valence electrons. The molecule has 3 amide bonds. The second-order valence-corrected chi connectivity index (χ2v) is 2.53. The Morgan fingerprint density at radius 2 is 2.00 bits per heavy atom. The number of amides is 3. The molecule has 0 aromatic heterocycles. The van der Waals surface area contributed by atoms with Crippen molar-refractivity contribution in [1.29, 1.82) is 0 Å². The van der Waals surface area contributed by atoms with Gasteiger partial charge in [0.15, 0.2) is 0 Å². The smallest absolute Gasteiger partial charge is 0.328 e. The van der Waals surface area contributed by atoms with E-state index in [4.69, 9.17) is 5.11 Å². The van der Waals surface area contributed by atoms with Crippen LogP contribution in [0.1, 0.15) is 6.42 Å². The highest BCUT2D eigenvalue weighted by Gasteiger charge is 2.32. The Kier molecular flexibility index (Phi) is 1.82. The van der Waals surface area contributed by atoms with Crippen molar-refractivity contribution in [2.24, 2.45) is 0 Å². The van der Waals surface area contributed by atoms with Gasteiger partial charge in [-0.3, -0.25) is 9.69 Å². The Morgan fingerprint density at radius 1 is 1.45 bits per heavy atom. The summed E-state index contributed by atoms with van der Waals surface area (Å²) in [4.78, 5) is 24.0. The average Bonchev–Trinajstić information content (AvgIpc) is 1.97. The molecule has 1 fully saturated rings. The van der Waals surface area contributed by atoms with Crippen molar-refractivity contribution in [3.63, 3.8) is 0 Å². The summed E-state index contributed by atoms with van der Waals surface area (Å²) in [6, 6.07) is -0.464. The molecule has 1 saturated heterocycles. The molecule has 0 aromatic carbocycles. The van der Waals surface area contributed by atoms with Crippen LogP contribution in [-0.2, 0) is 4.79 Å². The van der Waals surface area contributed by atoms with Gasteiger partial charge in [0.1, 0.15) is 6.23 Å². The summed E-state index contributed by atoms with van der Waals surface area (Å²) < 4.78 is 0. The Morgan fingerprint density at radius 3 is 2.55 bits per heavy atom. The first-order chi connectivity index (χ1) is 5.04. The molecular formula is C6H10N2O3. The van der Waals surface area contributed by atoms with Crippen LogP contribution in [0.4, 0.5) is 4.79 Å². The fraction of sp³-hybridized carbons (Fsp3) is 0.667. The van der Waals surface area contributed by atoms with Crippen LogP contribution in [0.5, 0.6) is 0 Å². The number of carbonyl (C=O) groups is 2. The molecule has 1 unspecified atom stereocenters. The molecule has 1 atom stereocenters. The summed E-state index contributed by atoms with van der Waals surface area (Å²) >= 11 is 0. The van der Waals surface area contributed by atoms with Gasteiger partial charge in [-0.15, -0.1) is 0 Å². The van der Waals surface area contributed by atoms with E-state index in [1.165, 1.54) is 14.1 Å². The molecule has 0 aromatic rings. The van der Waals surface area contributed by atoms with Gasteiger partial charge in [-0.05, 0) is 0 Å². The van der Waals surface area contributed by atoms with E-state index in [1.807, 2.05) is 0 Å². The summed E-state index contributed by atoms with van der Waals surface area (Å²) in [5.74, 6) is -0.347. The maximum Gasteiger partial charge on any atom is 0.328 e. The van der Waals surface area contributed by atoms with Crippen molar-refractivity contribution in [2.45, 2.75) is 12.6 Å². The number of hydrogen-bond acceptors (Lipinski definition) is 3. The van der Waals surface area contributed by atoms with E-state index in [-0.39, 0.29) is 12.3 Å². The third-order valence-corrected chi connectivity index (χ3v) is 1.77. The summed E-state index contributed by atoms with van der Waals surface area (Å²) in [5, 5.41) is 9.09. The van der Waals surface area contributed by atoms with E-state index in [2.05, 4.69) is 0 Å². The molecule has 0 saturated carbocycles. The van der Waals surface area contributed by atoms with Crippen LogP contribution in [0, 0.1) is 0 Å². The van der Waals surface area contributed by atoms with Gasteiger partial charge in [-0.25, -0.2) is 4.79 Å². The number of rotatable bonds is 0. The predicted molar refractivity (Wildman–Crippen MR) is 36.6 cm³/mol. The van der Waals surface area contributed by atoms with Crippen molar-refractivity contribution in [2.75, 3.05) is 14.1 Å². The van der Waals surface area contributed by atoms with Gasteiger partial charge in [0.05, 0.1) is 6.42 Å². The second-order valence-electron chi connectivity index (χ2n) is 2.53. The van der Waals surface area contributed by atoms with Crippen molar-refractivity contribution in [1.82, 2.24) is 9.80 Å². The molecule has 11 heavy (non-hydrogen) atoms. The highest BCUT2D eigenvalue weighted by Crippen LogP contribution is 2.10. The fourth-order valence-electron chi connectivity index (χ4n) is 0.901. The molecule has 1 aliphatic heterocycles. The standard InChI is InChI=1S/C6H10N2O3/c1-7-4(9)3-5(10)8(2)6(7)11/h4,9H,3H2,1-2H3. The Bertz CT molecular complexity index is 204. The molecular weight excluding hydrogens is 148 g/mol. The lowest BCUT2D eigenvalue weighted by molar-refractivity contribution is -0.136. The third-order valence-electron chi connectivity index (χ3n) is 1.77. The normalized spacial score (nSPS) is 26.3. The molecule has 1 N–H and O–H groups in total. The van der Waals surface area contributed by atoms with Crippen molar-refractivity contribution in [3.05, 3.63) is 0 Å². The van der Waals surface area contributed by atoms with Gasteiger partial charge in [0.25, 0.3) is 0 Å². The summed E-state index contributed by atoms with van der Waals surface area (Å²) in [5.41, 5.74) is 0. The highest BCUT2D eigenvalue weighted by atomic mass is 16.3. The monoisotopic (exact) mass is 158 g/mol. The summed E-state index contributed by atoms with van der Waals surface area (Å²) in [6.07, 6.45) is -0.982. The van der Waals surface area contributed by atoms with Gasteiger partial charge < -0.3 is 10.0 Å². The number of urea groups is 1. The maximum atomic E-state index is 11.0. The first-order valence-corrected chi connectivity index (χ1v) is 3.25. The van der Waals surface area contributed by atoms with Crippen LogP contribution in [-0.4, -0.2) is 47.2 Å². The molecule has 1 aliphatic rings. The molecule has 0 aliphatic carbocycles. The Labute approximate surface area is 64.2 Å². The van der Waals surface area contributed by atoms with E-state index < -0.39 is 12.3 Å². The first kappa shape index (κ1) is 8.00. The number of aliphatic hydroxyl groups is 1. The zero-order valence-corrected chi connectivity index (χ0v) is 6.44. The quantitative estimate of drug-likeness (QED) is 0.503. The van der Waals surface area contributed by atoms with E-state index in [0.29, 0.717) is 0 Å². The van der Waals surface area contributed by atoms with E-state index in [0.717, 1.165) is 9.80 Å². The number of nitrogens with zero attached hydrogens (tertiary/aromatic N) is 2. The van der Waals surface area contributed by atoms with E-state index in [9.17, 15) is 9.59 Å². The van der Waals surface area contributed by atoms with Crippen LogP contribution in [0.15, 0.2) is 0 Å². The van der Waals surface area contributed by atoms with Gasteiger partial charge in [-0.1, -0.05) is 0 Å². The molecule has 0 radical (unpaired) electrons. The molecule has 5 nitrogen and oxygen atoms in total. The van der Waals surface area contributed by atoms with Crippen molar-refractivity contribution >= 4 is 11.9 Å². The molecule has 1 heterocycles. The van der Waals surface area contributed by atoms with Gasteiger partial charge in [-0.2, -0.15) is 0 Å². The zero-order chi connectivity index (χ0) is 8.59. The Hall–Kier alpha value is -1.10. The lowest BCUT2D eigenvalue weighted by Crippen LogP contribution is -2.53. The molecule has 0 spiro atoms. The first-order valence-electron chi connectivity index (χ1n) is 3.25. The van der Waals surface area contributed by atoms with Crippen molar-refractivity contribution in [3.8, 4) is 0 Å². The minimum Gasteiger partial charge on any atom is -0.373 e. The number of hydrogen-bond donors (Lipinski definition) is 1. The minimum absolute atomic E-state index is 0.0151. The number of carbonyl (C=O) groups excluding carboxylic acids is 2. The highest BCUT2D eigenvalue weighted by molar-refractivity contribution is 5.96. The topological polar surface area (TPSA) is 60.9 Å². The van der Waals surface area contributed by atoms with E-state index >= 15 is 0 Å². The van der Waals surface area contributed by atoms with E-state index in [1.54, 1.807) is 0 Å². The summed E-state index contributed by atoms with van der Waals surface area (Å²) in [7, 11) is 2.85. The van der Waals surface area contributed by atoms with Crippen LogP contribution in [0.25, 0.3) is 0 Å². The predicted octanol–water partition coefficient (Wildman–Crippen LogP) is -0.781. The van der Waals surface area contributed by atoms with Crippen LogP contribution < -0.4 is 0 Å². The van der Waals surface area contributed by atoms with Crippen LogP contribution in [0.3, 0.4) is 0 Å². The second kappa shape index (κ2) is 2.50. The Balaban J connectivity index is 2.79. The number of aliphatic hydroxyl groups excluding tert-OH is 1. The van der Waals surface area contributed by atoms with Gasteiger partial charge >= 0.3 is 6.03 Å². The average molecular weight is 158 g/mol. The molecule has 5 heteroatoms. The lowest BCUT2D eigenvalue weighted by Gasteiger charge is -2.32. The van der Waals surface area contributed by atoms with Crippen LogP contribution >= 0.6 is 0 Å².